The molecule has 2 fully saturated rings. The normalized spacial score (nSPS) is 34.5. The number of hydrogen-bond acceptors (Lipinski definition) is 3. The summed E-state index contributed by atoms with van der Waals surface area (Å²) in [7, 11) is 0. The molecule has 0 aromatic carbocycles. The second-order valence-electron chi connectivity index (χ2n) is 4.07. The van der Waals surface area contributed by atoms with Gasteiger partial charge in [0.25, 0.3) is 0 Å². The largest absolute Gasteiger partial charge is 0.379 e. The molecule has 0 aromatic heterocycles. The molecular formula is C10H17NO2. The summed E-state index contributed by atoms with van der Waals surface area (Å²) < 4.78 is 5.46. The van der Waals surface area contributed by atoms with Gasteiger partial charge in [-0.25, -0.2) is 0 Å². The fraction of sp³-hybridized carbons (Fsp3) is 0.900. The van der Waals surface area contributed by atoms with Crippen LogP contribution in [-0.2, 0) is 9.53 Å². The monoisotopic (exact) mass is 183 g/mol. The van der Waals surface area contributed by atoms with Crippen LogP contribution in [0.1, 0.15) is 25.7 Å². The van der Waals surface area contributed by atoms with E-state index >= 15 is 0 Å². The van der Waals surface area contributed by atoms with Crippen LogP contribution in [0, 0.1) is 0 Å². The molecule has 0 aromatic rings. The SMILES string of the molecule is O=CCCN1CCCC12CCOC2. The summed E-state index contributed by atoms with van der Waals surface area (Å²) in [5.74, 6) is 0. The molecule has 0 saturated carbocycles. The molecule has 2 heterocycles. The number of hydrogen-bond donors (Lipinski definition) is 0. The van der Waals surface area contributed by atoms with Crippen molar-refractivity contribution in [3.8, 4) is 0 Å². The van der Waals surface area contributed by atoms with E-state index in [0.29, 0.717) is 12.0 Å². The van der Waals surface area contributed by atoms with E-state index in [1.807, 2.05) is 0 Å². The molecule has 2 aliphatic heterocycles. The third kappa shape index (κ3) is 1.63. The summed E-state index contributed by atoms with van der Waals surface area (Å²) in [6.07, 6.45) is 5.36. The lowest BCUT2D eigenvalue weighted by molar-refractivity contribution is -0.108. The predicted octanol–water partition coefficient (Wildman–Crippen LogP) is 0.830. The first kappa shape index (κ1) is 9.16. The second kappa shape index (κ2) is 3.76. The minimum Gasteiger partial charge on any atom is -0.379 e. The first-order chi connectivity index (χ1) is 6.37. The zero-order valence-corrected chi connectivity index (χ0v) is 8.00. The van der Waals surface area contributed by atoms with Crippen LogP contribution < -0.4 is 0 Å². The number of ether oxygens (including phenoxy) is 1. The van der Waals surface area contributed by atoms with E-state index in [2.05, 4.69) is 4.90 Å². The highest BCUT2D eigenvalue weighted by atomic mass is 16.5. The molecular weight excluding hydrogens is 166 g/mol. The lowest BCUT2D eigenvalue weighted by Gasteiger charge is -2.33. The van der Waals surface area contributed by atoms with E-state index < -0.39 is 0 Å². The fourth-order valence-electron chi connectivity index (χ4n) is 2.59. The topological polar surface area (TPSA) is 29.5 Å². The molecule has 13 heavy (non-hydrogen) atoms. The zero-order chi connectivity index (χ0) is 9.15. The Labute approximate surface area is 79.0 Å². The maximum Gasteiger partial charge on any atom is 0.121 e. The molecule has 0 bridgehead atoms. The minimum absolute atomic E-state index is 0.309. The molecule has 3 heteroatoms. The van der Waals surface area contributed by atoms with Gasteiger partial charge >= 0.3 is 0 Å². The first-order valence-corrected chi connectivity index (χ1v) is 5.14. The minimum atomic E-state index is 0.309. The van der Waals surface area contributed by atoms with Crippen molar-refractivity contribution in [3.05, 3.63) is 0 Å². The fourth-order valence-corrected chi connectivity index (χ4v) is 2.59. The quantitative estimate of drug-likeness (QED) is 0.607. The van der Waals surface area contributed by atoms with Crippen LogP contribution in [0.3, 0.4) is 0 Å². The highest BCUT2D eigenvalue weighted by molar-refractivity contribution is 5.49. The molecule has 1 unspecified atom stereocenters. The molecule has 0 amide bonds. The summed E-state index contributed by atoms with van der Waals surface area (Å²) in [5, 5.41) is 0. The van der Waals surface area contributed by atoms with Crippen LogP contribution in [0.5, 0.6) is 0 Å². The Morgan fingerprint density at radius 3 is 3.08 bits per heavy atom. The van der Waals surface area contributed by atoms with E-state index in [1.165, 1.54) is 12.8 Å². The molecule has 1 spiro atoms. The molecule has 1 atom stereocenters. The lowest BCUT2D eigenvalue weighted by atomic mass is 9.95. The van der Waals surface area contributed by atoms with Crippen molar-refractivity contribution < 1.29 is 9.53 Å². The van der Waals surface area contributed by atoms with Gasteiger partial charge in [-0.2, -0.15) is 0 Å². The maximum absolute atomic E-state index is 10.3. The molecule has 74 valence electrons. The summed E-state index contributed by atoms with van der Waals surface area (Å²) >= 11 is 0. The number of rotatable bonds is 3. The van der Waals surface area contributed by atoms with Gasteiger partial charge in [0.15, 0.2) is 0 Å². The number of aldehydes is 1. The Morgan fingerprint density at radius 1 is 1.46 bits per heavy atom. The average molecular weight is 183 g/mol. The molecule has 0 radical (unpaired) electrons. The van der Waals surface area contributed by atoms with Crippen LogP contribution in [-0.4, -0.2) is 43.0 Å². The number of carbonyl (C=O) groups is 1. The van der Waals surface area contributed by atoms with Crippen LogP contribution in [0.15, 0.2) is 0 Å². The Balaban J connectivity index is 1.96. The van der Waals surface area contributed by atoms with Crippen LogP contribution in [0.2, 0.25) is 0 Å². The zero-order valence-electron chi connectivity index (χ0n) is 8.00. The first-order valence-electron chi connectivity index (χ1n) is 5.14. The molecule has 0 N–H and O–H groups in total. The average Bonchev–Trinajstić information content (AvgIpc) is 2.75. The Bertz CT molecular complexity index is 182. The van der Waals surface area contributed by atoms with Gasteiger partial charge in [-0.15, -0.1) is 0 Å². The van der Waals surface area contributed by atoms with Gasteiger partial charge in [-0.3, -0.25) is 4.90 Å². The van der Waals surface area contributed by atoms with Gasteiger partial charge in [0.05, 0.1) is 6.61 Å². The van der Waals surface area contributed by atoms with E-state index in [9.17, 15) is 4.79 Å². The van der Waals surface area contributed by atoms with Gasteiger partial charge in [0, 0.05) is 25.1 Å². The van der Waals surface area contributed by atoms with Crippen molar-refractivity contribution in [3.63, 3.8) is 0 Å². The van der Waals surface area contributed by atoms with Crippen molar-refractivity contribution in [2.45, 2.75) is 31.2 Å². The van der Waals surface area contributed by atoms with Crippen LogP contribution >= 0.6 is 0 Å². The maximum atomic E-state index is 10.3. The molecule has 2 aliphatic rings. The third-order valence-electron chi connectivity index (χ3n) is 3.34. The number of nitrogens with zero attached hydrogens (tertiary/aromatic N) is 1. The van der Waals surface area contributed by atoms with Crippen molar-refractivity contribution in [2.24, 2.45) is 0 Å². The number of carbonyl (C=O) groups excluding carboxylic acids is 1. The Hall–Kier alpha value is -0.410. The Morgan fingerprint density at radius 2 is 2.38 bits per heavy atom. The summed E-state index contributed by atoms with van der Waals surface area (Å²) in [5.41, 5.74) is 0.309. The van der Waals surface area contributed by atoms with E-state index in [4.69, 9.17) is 4.74 Å². The van der Waals surface area contributed by atoms with Crippen molar-refractivity contribution in [1.82, 2.24) is 4.90 Å². The highest BCUT2D eigenvalue weighted by Crippen LogP contribution is 2.36. The van der Waals surface area contributed by atoms with Crippen LogP contribution in [0.25, 0.3) is 0 Å². The third-order valence-corrected chi connectivity index (χ3v) is 3.34. The summed E-state index contributed by atoms with van der Waals surface area (Å²) in [4.78, 5) is 12.8. The van der Waals surface area contributed by atoms with Gasteiger partial charge in [0.2, 0.25) is 0 Å². The molecule has 2 saturated heterocycles. The summed E-state index contributed by atoms with van der Waals surface area (Å²) in [6, 6.07) is 0. The van der Waals surface area contributed by atoms with Crippen LogP contribution in [0.4, 0.5) is 0 Å². The van der Waals surface area contributed by atoms with Crippen molar-refractivity contribution in [1.29, 1.82) is 0 Å². The van der Waals surface area contributed by atoms with E-state index in [1.54, 1.807) is 0 Å². The molecule has 0 aliphatic carbocycles. The van der Waals surface area contributed by atoms with Gasteiger partial charge in [0.1, 0.15) is 6.29 Å². The molecule has 3 nitrogen and oxygen atoms in total. The highest BCUT2D eigenvalue weighted by Gasteiger charge is 2.43. The van der Waals surface area contributed by atoms with Gasteiger partial charge in [-0.05, 0) is 25.8 Å². The second-order valence-corrected chi connectivity index (χ2v) is 4.07. The van der Waals surface area contributed by atoms with E-state index in [0.717, 1.165) is 39.0 Å². The lowest BCUT2D eigenvalue weighted by Crippen LogP contribution is -2.44. The summed E-state index contributed by atoms with van der Waals surface area (Å²) in [6.45, 7) is 3.85. The molecule has 2 rings (SSSR count). The predicted molar refractivity (Wildman–Crippen MR) is 49.7 cm³/mol. The Kier molecular flexibility index (Phi) is 2.65. The number of likely N-dealkylation sites (tertiary alicyclic amines) is 1. The van der Waals surface area contributed by atoms with Crippen molar-refractivity contribution in [2.75, 3.05) is 26.3 Å². The van der Waals surface area contributed by atoms with Gasteiger partial charge in [-0.1, -0.05) is 0 Å². The van der Waals surface area contributed by atoms with Crippen molar-refractivity contribution >= 4 is 6.29 Å². The standard InChI is InChI=1S/C10H17NO2/c12-7-2-6-11-5-1-3-10(11)4-8-13-9-10/h7H,1-6,8-9H2. The smallest absolute Gasteiger partial charge is 0.121 e. The van der Waals surface area contributed by atoms with E-state index in [-0.39, 0.29) is 0 Å². The van der Waals surface area contributed by atoms with Gasteiger partial charge < -0.3 is 9.53 Å².